The molecule has 0 fully saturated rings. The lowest BCUT2D eigenvalue weighted by atomic mass is 10.1. The molecule has 3 N–H and O–H groups in total. The zero-order valence-electron chi connectivity index (χ0n) is 12.7. The number of hydrogen-bond donors (Lipinski definition) is 3. The Morgan fingerprint density at radius 2 is 1.96 bits per heavy atom. The number of rotatable bonds is 5. The number of aryl methyl sites for hydroxylation is 1. The minimum absolute atomic E-state index is 0.0189. The third-order valence-electron chi connectivity index (χ3n) is 3.71. The first-order valence-electron chi connectivity index (χ1n) is 7.42. The number of carboxylic acids is 1. The summed E-state index contributed by atoms with van der Waals surface area (Å²) in [7, 11) is 0. The lowest BCUT2D eigenvalue weighted by molar-refractivity contribution is -0.136. The van der Waals surface area contributed by atoms with Crippen LogP contribution in [0.2, 0.25) is 0 Å². The number of hydrogen-bond acceptors (Lipinski definition) is 2. The van der Waals surface area contributed by atoms with E-state index in [0.717, 1.165) is 5.56 Å². The molecule has 1 aromatic heterocycles. The largest absolute Gasteiger partial charge is 0.481 e. The van der Waals surface area contributed by atoms with Crippen molar-refractivity contribution in [3.8, 4) is 0 Å². The smallest absolute Gasteiger partial charge is 0.303 e. The van der Waals surface area contributed by atoms with Gasteiger partial charge in [-0.3, -0.25) is 9.59 Å². The van der Waals surface area contributed by atoms with Crippen molar-refractivity contribution < 1.29 is 19.1 Å². The maximum Gasteiger partial charge on any atom is 0.303 e. The predicted octanol–water partition coefficient (Wildman–Crippen LogP) is 3.58. The Bertz CT molecular complexity index is 918. The van der Waals surface area contributed by atoms with Gasteiger partial charge in [0.1, 0.15) is 5.82 Å². The molecule has 1 heterocycles. The molecule has 0 spiro atoms. The molecule has 0 aliphatic rings. The topological polar surface area (TPSA) is 82.2 Å². The van der Waals surface area contributed by atoms with E-state index >= 15 is 0 Å². The van der Waals surface area contributed by atoms with Crippen LogP contribution in [0.4, 0.5) is 10.1 Å². The SMILES string of the molecule is O=C(O)CCc1cccc(NC(=O)c2c[nH]c3cccc(F)c23)c1. The van der Waals surface area contributed by atoms with Crippen LogP contribution in [0.3, 0.4) is 0 Å². The zero-order chi connectivity index (χ0) is 17.1. The highest BCUT2D eigenvalue weighted by Crippen LogP contribution is 2.23. The molecular formula is C18H15FN2O3. The number of nitrogens with one attached hydrogen (secondary N) is 2. The monoisotopic (exact) mass is 326 g/mol. The van der Waals surface area contributed by atoms with Crippen LogP contribution in [0.1, 0.15) is 22.3 Å². The molecule has 0 unspecified atom stereocenters. The number of aromatic amines is 1. The van der Waals surface area contributed by atoms with Gasteiger partial charge in [-0.2, -0.15) is 0 Å². The van der Waals surface area contributed by atoms with Crippen LogP contribution in [0.5, 0.6) is 0 Å². The molecule has 3 aromatic rings. The van der Waals surface area contributed by atoms with E-state index in [1.807, 2.05) is 0 Å². The maximum atomic E-state index is 14.0. The van der Waals surface area contributed by atoms with Crippen molar-refractivity contribution in [3.63, 3.8) is 0 Å². The molecule has 5 nitrogen and oxygen atoms in total. The summed E-state index contributed by atoms with van der Waals surface area (Å²) in [5, 5.41) is 11.7. The van der Waals surface area contributed by atoms with Crippen LogP contribution in [-0.2, 0) is 11.2 Å². The third kappa shape index (κ3) is 3.27. The summed E-state index contributed by atoms with van der Waals surface area (Å²) in [4.78, 5) is 25.9. The molecule has 1 amide bonds. The van der Waals surface area contributed by atoms with E-state index in [0.29, 0.717) is 17.6 Å². The Morgan fingerprint density at radius 1 is 1.17 bits per heavy atom. The Hall–Kier alpha value is -3.15. The Labute approximate surface area is 137 Å². The normalized spacial score (nSPS) is 10.7. The molecular weight excluding hydrogens is 311 g/mol. The summed E-state index contributed by atoms with van der Waals surface area (Å²) in [6.45, 7) is 0. The van der Waals surface area contributed by atoms with Gasteiger partial charge in [-0.15, -0.1) is 0 Å². The number of benzene rings is 2. The number of H-pyrrole nitrogens is 1. The second-order valence-electron chi connectivity index (χ2n) is 5.41. The van der Waals surface area contributed by atoms with E-state index in [-0.39, 0.29) is 17.4 Å². The summed E-state index contributed by atoms with van der Waals surface area (Å²) in [5.41, 5.74) is 2.11. The number of aromatic nitrogens is 1. The van der Waals surface area contributed by atoms with E-state index in [2.05, 4.69) is 10.3 Å². The quantitative estimate of drug-likeness (QED) is 0.670. The number of amides is 1. The average Bonchev–Trinajstić information content (AvgIpc) is 2.99. The Balaban J connectivity index is 1.81. The summed E-state index contributed by atoms with van der Waals surface area (Å²) in [6.07, 6.45) is 1.86. The van der Waals surface area contributed by atoms with Crippen LogP contribution in [0.25, 0.3) is 10.9 Å². The average molecular weight is 326 g/mol. The molecule has 0 saturated heterocycles. The van der Waals surface area contributed by atoms with E-state index in [1.54, 1.807) is 36.4 Å². The molecule has 0 atom stereocenters. The fourth-order valence-corrected chi connectivity index (χ4v) is 2.57. The van der Waals surface area contributed by atoms with Crippen LogP contribution in [0.15, 0.2) is 48.7 Å². The molecule has 6 heteroatoms. The first-order valence-corrected chi connectivity index (χ1v) is 7.42. The van der Waals surface area contributed by atoms with E-state index < -0.39 is 17.7 Å². The minimum Gasteiger partial charge on any atom is -0.481 e. The van der Waals surface area contributed by atoms with Crippen molar-refractivity contribution in [2.75, 3.05) is 5.32 Å². The molecule has 3 rings (SSSR count). The van der Waals surface area contributed by atoms with Gasteiger partial charge in [-0.1, -0.05) is 18.2 Å². The van der Waals surface area contributed by atoms with Crippen LogP contribution in [0, 0.1) is 5.82 Å². The number of aliphatic carboxylic acids is 1. The van der Waals surface area contributed by atoms with Gasteiger partial charge < -0.3 is 15.4 Å². The second-order valence-corrected chi connectivity index (χ2v) is 5.41. The number of carbonyl (C=O) groups is 2. The summed E-state index contributed by atoms with van der Waals surface area (Å²) < 4.78 is 14.0. The van der Waals surface area contributed by atoms with Crippen LogP contribution < -0.4 is 5.32 Å². The highest BCUT2D eigenvalue weighted by molar-refractivity contribution is 6.12. The number of carbonyl (C=O) groups excluding carboxylic acids is 1. The number of fused-ring (bicyclic) bond motifs is 1. The molecule has 0 aliphatic heterocycles. The van der Waals surface area contributed by atoms with Crippen molar-refractivity contribution in [2.24, 2.45) is 0 Å². The lowest BCUT2D eigenvalue weighted by Crippen LogP contribution is -2.12. The molecule has 2 aromatic carbocycles. The third-order valence-corrected chi connectivity index (χ3v) is 3.71. The van der Waals surface area contributed by atoms with Crippen molar-refractivity contribution >= 4 is 28.5 Å². The van der Waals surface area contributed by atoms with E-state index in [1.165, 1.54) is 12.3 Å². The van der Waals surface area contributed by atoms with Crippen molar-refractivity contribution in [3.05, 3.63) is 65.6 Å². The number of anilines is 1. The lowest BCUT2D eigenvalue weighted by Gasteiger charge is -2.07. The molecule has 0 saturated carbocycles. The molecule has 122 valence electrons. The van der Waals surface area contributed by atoms with Gasteiger partial charge in [0.05, 0.1) is 5.56 Å². The predicted molar refractivity (Wildman–Crippen MR) is 88.6 cm³/mol. The van der Waals surface area contributed by atoms with Gasteiger partial charge in [0.15, 0.2) is 0 Å². The van der Waals surface area contributed by atoms with Gasteiger partial charge in [0.25, 0.3) is 5.91 Å². The van der Waals surface area contributed by atoms with Crippen LogP contribution >= 0.6 is 0 Å². The molecule has 24 heavy (non-hydrogen) atoms. The fraction of sp³-hybridized carbons (Fsp3) is 0.111. The minimum atomic E-state index is -0.876. The molecule has 0 bridgehead atoms. The van der Waals surface area contributed by atoms with Gasteiger partial charge in [-0.05, 0) is 36.2 Å². The molecule has 0 radical (unpaired) electrons. The Kier molecular flexibility index (Phi) is 4.29. The van der Waals surface area contributed by atoms with Gasteiger partial charge in [-0.25, -0.2) is 4.39 Å². The second kappa shape index (κ2) is 6.54. The zero-order valence-corrected chi connectivity index (χ0v) is 12.7. The van der Waals surface area contributed by atoms with Crippen molar-refractivity contribution in [2.45, 2.75) is 12.8 Å². The highest BCUT2D eigenvalue weighted by atomic mass is 19.1. The van der Waals surface area contributed by atoms with E-state index in [9.17, 15) is 14.0 Å². The van der Waals surface area contributed by atoms with Gasteiger partial charge >= 0.3 is 5.97 Å². The fourth-order valence-electron chi connectivity index (χ4n) is 2.57. The summed E-state index contributed by atoms with van der Waals surface area (Å²) in [5.74, 6) is -1.77. The summed E-state index contributed by atoms with van der Waals surface area (Å²) >= 11 is 0. The first-order chi connectivity index (χ1) is 11.5. The van der Waals surface area contributed by atoms with Crippen molar-refractivity contribution in [1.82, 2.24) is 4.98 Å². The Morgan fingerprint density at radius 3 is 2.75 bits per heavy atom. The number of carboxylic acid groups (broad SMARTS) is 1. The van der Waals surface area contributed by atoms with Gasteiger partial charge in [0, 0.05) is 29.2 Å². The highest BCUT2D eigenvalue weighted by Gasteiger charge is 2.15. The summed E-state index contributed by atoms with van der Waals surface area (Å²) in [6, 6.07) is 11.5. The maximum absolute atomic E-state index is 14.0. The van der Waals surface area contributed by atoms with Crippen LogP contribution in [-0.4, -0.2) is 22.0 Å². The molecule has 0 aliphatic carbocycles. The number of halogens is 1. The van der Waals surface area contributed by atoms with E-state index in [4.69, 9.17) is 5.11 Å². The van der Waals surface area contributed by atoms with Gasteiger partial charge in [0.2, 0.25) is 0 Å². The first kappa shape index (κ1) is 15.7. The standard InChI is InChI=1S/C18H15FN2O3/c19-14-5-2-6-15-17(14)13(10-20-15)18(24)21-12-4-1-3-11(9-12)7-8-16(22)23/h1-6,9-10,20H,7-8H2,(H,21,24)(H,22,23). The van der Waals surface area contributed by atoms with Crippen molar-refractivity contribution in [1.29, 1.82) is 0 Å².